The molecule has 0 radical (unpaired) electrons. The zero-order valence-corrected chi connectivity index (χ0v) is 19.6. The van der Waals surface area contributed by atoms with Gasteiger partial charge in [-0.1, -0.05) is 6.58 Å². The lowest BCUT2D eigenvalue weighted by Gasteiger charge is -2.62. The molecule has 3 aromatic rings. The Hall–Kier alpha value is -3.26. The van der Waals surface area contributed by atoms with Crippen LogP contribution in [0.3, 0.4) is 0 Å². The Bertz CT molecular complexity index is 1340. The first-order valence-corrected chi connectivity index (χ1v) is 12.1. The van der Waals surface area contributed by atoms with Crippen molar-refractivity contribution in [3.05, 3.63) is 48.7 Å². The van der Waals surface area contributed by atoms with E-state index in [0.717, 1.165) is 71.7 Å². The van der Waals surface area contributed by atoms with Crippen LogP contribution in [0.5, 0.6) is 0 Å². The van der Waals surface area contributed by atoms with Crippen LogP contribution in [0.4, 0.5) is 23.1 Å². The average Bonchev–Trinajstić information content (AvgIpc) is 3.03. The third-order valence-electron chi connectivity index (χ3n) is 8.50. The maximum atomic E-state index is 11.4. The minimum atomic E-state index is -0.553. The molecule has 0 spiro atoms. The number of hydrogen-bond acceptors (Lipinski definition) is 8. The molecule has 1 aliphatic heterocycles. The topological polar surface area (TPSA) is 90.3 Å². The van der Waals surface area contributed by atoms with Crippen LogP contribution in [0, 0.1) is 18.8 Å². The summed E-state index contributed by atoms with van der Waals surface area (Å²) in [5.41, 5.74) is 3.93. The summed E-state index contributed by atoms with van der Waals surface area (Å²) in [6, 6.07) is 4.02. The van der Waals surface area contributed by atoms with E-state index in [9.17, 15) is 5.11 Å². The van der Waals surface area contributed by atoms with Gasteiger partial charge in [0.05, 0.1) is 28.4 Å². The first-order valence-electron chi connectivity index (χ1n) is 12.1. The van der Waals surface area contributed by atoms with Crippen molar-refractivity contribution in [2.24, 2.45) is 11.8 Å². The van der Waals surface area contributed by atoms with E-state index in [1.54, 1.807) is 12.4 Å². The molecule has 34 heavy (non-hydrogen) atoms. The molecule has 2 N–H and O–H groups in total. The van der Waals surface area contributed by atoms with Crippen molar-refractivity contribution in [3.8, 4) is 0 Å². The monoisotopic (exact) mass is 455 g/mol. The van der Waals surface area contributed by atoms with E-state index < -0.39 is 5.60 Å². The summed E-state index contributed by atoms with van der Waals surface area (Å²) in [5, 5.41) is 14.8. The van der Waals surface area contributed by atoms with Crippen LogP contribution in [0.15, 0.2) is 43.1 Å². The molecule has 0 saturated heterocycles. The Labute approximate surface area is 198 Å². The summed E-state index contributed by atoms with van der Waals surface area (Å²) in [5.74, 6) is 3.50. The number of rotatable bonds is 3. The minimum Gasteiger partial charge on any atom is -0.390 e. The van der Waals surface area contributed by atoms with Gasteiger partial charge in [0.15, 0.2) is 5.82 Å². The van der Waals surface area contributed by atoms with Crippen molar-refractivity contribution in [1.82, 2.24) is 19.9 Å². The van der Waals surface area contributed by atoms with Crippen LogP contribution < -0.4 is 15.1 Å². The Morgan fingerprint density at radius 2 is 1.76 bits per heavy atom. The third kappa shape index (κ3) is 2.81. The van der Waals surface area contributed by atoms with Crippen LogP contribution >= 0.6 is 0 Å². The smallest absolute Gasteiger partial charge is 0.229 e. The molecule has 8 heteroatoms. The Balaban J connectivity index is 1.28. The summed E-state index contributed by atoms with van der Waals surface area (Å²) in [6.07, 6.45) is 11.4. The number of nitrogens with one attached hydrogen (secondary N) is 1. The van der Waals surface area contributed by atoms with Crippen molar-refractivity contribution < 1.29 is 5.11 Å². The van der Waals surface area contributed by atoms with Crippen LogP contribution in [0.1, 0.15) is 44.1 Å². The molecule has 4 bridgehead atoms. The van der Waals surface area contributed by atoms with Crippen molar-refractivity contribution in [1.29, 1.82) is 0 Å². The molecule has 1 aromatic carbocycles. The van der Waals surface area contributed by atoms with Gasteiger partial charge < -0.3 is 20.2 Å². The second kappa shape index (κ2) is 6.66. The highest BCUT2D eigenvalue weighted by atomic mass is 16.3. The number of aromatic nitrogens is 4. The van der Waals surface area contributed by atoms with Crippen molar-refractivity contribution in [2.45, 2.75) is 56.6 Å². The van der Waals surface area contributed by atoms with Crippen molar-refractivity contribution in [3.63, 3.8) is 0 Å². The van der Waals surface area contributed by atoms with Crippen LogP contribution in [-0.4, -0.2) is 43.2 Å². The number of aliphatic hydroxyl groups is 1. The van der Waals surface area contributed by atoms with Crippen LogP contribution in [-0.2, 0) is 0 Å². The number of benzene rings is 1. The number of anilines is 4. The van der Waals surface area contributed by atoms with E-state index in [0.29, 0.717) is 17.8 Å². The van der Waals surface area contributed by atoms with E-state index in [4.69, 9.17) is 4.98 Å². The molecule has 8 rings (SSSR count). The quantitative estimate of drug-likeness (QED) is 0.605. The lowest BCUT2D eigenvalue weighted by molar-refractivity contribution is -0.133. The first kappa shape index (κ1) is 20.1. The van der Waals surface area contributed by atoms with Gasteiger partial charge in [-0.25, -0.2) is 4.98 Å². The molecule has 2 unspecified atom stereocenters. The molecule has 5 aliphatic rings. The van der Waals surface area contributed by atoms with E-state index >= 15 is 0 Å². The van der Waals surface area contributed by atoms with Gasteiger partial charge in [0.2, 0.25) is 5.95 Å². The number of nitrogens with zero attached hydrogens (tertiary/aromatic N) is 6. The number of hydrogen-bond donors (Lipinski definition) is 2. The second-order valence-electron chi connectivity index (χ2n) is 11.0. The lowest BCUT2D eigenvalue weighted by Crippen LogP contribution is -2.65. The van der Waals surface area contributed by atoms with E-state index in [2.05, 4.69) is 36.6 Å². The summed E-state index contributed by atoms with van der Waals surface area (Å²) in [4.78, 5) is 22.9. The van der Waals surface area contributed by atoms with Crippen molar-refractivity contribution >= 4 is 34.2 Å². The molecule has 174 valence electrons. The van der Waals surface area contributed by atoms with Gasteiger partial charge >= 0.3 is 0 Å². The van der Waals surface area contributed by atoms with Crippen LogP contribution in [0.2, 0.25) is 0 Å². The molecule has 4 fully saturated rings. The standard InChI is InChI=1S/C26H29N7O/c1-15-6-20-21(28-5-4-27-20)8-19(15)30-24-29-13-22-23(31-24)33(16(2)32(22)3)25-9-17-7-18(10-25)12-26(34,11-17)14-25/h4-6,8,13,17-18,34H,2,7,9-12,14H2,1,3H3,(H,29,30,31). The van der Waals surface area contributed by atoms with Gasteiger partial charge in [-0.05, 0) is 75.0 Å². The predicted octanol–water partition coefficient (Wildman–Crippen LogP) is 4.28. The van der Waals surface area contributed by atoms with Gasteiger partial charge in [-0.15, -0.1) is 0 Å². The van der Waals surface area contributed by atoms with E-state index in [1.165, 1.54) is 6.42 Å². The van der Waals surface area contributed by atoms with Gasteiger partial charge in [-0.3, -0.25) is 9.97 Å². The fourth-order valence-corrected chi connectivity index (χ4v) is 7.54. The summed E-state index contributed by atoms with van der Waals surface area (Å²) >= 11 is 0. The van der Waals surface area contributed by atoms with Gasteiger partial charge in [-0.2, -0.15) is 4.98 Å². The molecule has 2 atom stereocenters. The minimum absolute atomic E-state index is 0.129. The molecule has 3 heterocycles. The van der Waals surface area contributed by atoms with Gasteiger partial charge in [0, 0.05) is 25.1 Å². The Morgan fingerprint density at radius 1 is 1.06 bits per heavy atom. The second-order valence-corrected chi connectivity index (χ2v) is 11.0. The summed E-state index contributed by atoms with van der Waals surface area (Å²) in [6.45, 7) is 6.48. The van der Waals surface area contributed by atoms with Crippen molar-refractivity contribution in [2.75, 3.05) is 22.2 Å². The highest BCUT2D eigenvalue weighted by molar-refractivity contribution is 5.83. The summed E-state index contributed by atoms with van der Waals surface area (Å²) < 4.78 is 0. The normalized spacial score (nSPS) is 31.4. The predicted molar refractivity (Wildman–Crippen MR) is 132 cm³/mol. The fraction of sp³-hybridized carbons (Fsp3) is 0.462. The first-order chi connectivity index (χ1) is 16.3. The molecule has 4 saturated carbocycles. The Kier molecular flexibility index (Phi) is 3.94. The van der Waals surface area contributed by atoms with E-state index in [-0.39, 0.29) is 5.54 Å². The maximum Gasteiger partial charge on any atom is 0.229 e. The zero-order chi connectivity index (χ0) is 23.2. The SMILES string of the molecule is C=C1N(C)c2cnc(Nc3cc4nccnc4cc3C)nc2N1C12CC3CC(CC(O)(C3)C1)C2. The number of fused-ring (bicyclic) bond motifs is 2. The van der Waals surface area contributed by atoms with Crippen LogP contribution in [0.25, 0.3) is 11.0 Å². The maximum absolute atomic E-state index is 11.4. The molecular weight excluding hydrogens is 426 g/mol. The molecule has 4 aliphatic carbocycles. The highest BCUT2D eigenvalue weighted by Crippen LogP contribution is 2.62. The average molecular weight is 456 g/mol. The molecule has 8 nitrogen and oxygen atoms in total. The largest absolute Gasteiger partial charge is 0.390 e. The number of aryl methyl sites for hydroxylation is 1. The van der Waals surface area contributed by atoms with E-state index in [1.807, 2.05) is 32.3 Å². The molecule has 0 amide bonds. The van der Waals surface area contributed by atoms with Gasteiger partial charge in [0.25, 0.3) is 0 Å². The highest BCUT2D eigenvalue weighted by Gasteiger charge is 2.61. The zero-order valence-electron chi connectivity index (χ0n) is 19.6. The fourth-order valence-electron chi connectivity index (χ4n) is 7.54. The third-order valence-corrected chi connectivity index (χ3v) is 8.50. The van der Waals surface area contributed by atoms with Gasteiger partial charge in [0.1, 0.15) is 11.5 Å². The lowest BCUT2D eigenvalue weighted by atomic mass is 9.50. The molecular formula is C26H29N7O. The summed E-state index contributed by atoms with van der Waals surface area (Å²) in [7, 11) is 2.03. The molecule has 2 aromatic heterocycles. The Morgan fingerprint density at radius 3 is 2.47 bits per heavy atom.